The van der Waals surface area contributed by atoms with E-state index < -0.39 is 5.97 Å². The molecule has 0 spiro atoms. The Bertz CT molecular complexity index is 286. The number of esters is 1. The van der Waals surface area contributed by atoms with E-state index in [0.717, 1.165) is 18.4 Å². The van der Waals surface area contributed by atoms with Crippen molar-refractivity contribution in [2.75, 3.05) is 6.61 Å². The lowest BCUT2D eigenvalue weighted by Crippen LogP contribution is -1.97. The van der Waals surface area contributed by atoms with Crippen molar-refractivity contribution >= 4 is 11.9 Å². The van der Waals surface area contributed by atoms with Crippen molar-refractivity contribution < 1.29 is 19.4 Å². The Morgan fingerprint density at radius 3 is 2.17 bits per heavy atom. The van der Waals surface area contributed by atoms with Crippen molar-refractivity contribution in [1.82, 2.24) is 0 Å². The van der Waals surface area contributed by atoms with E-state index in [9.17, 15) is 9.59 Å². The van der Waals surface area contributed by atoms with Crippen LogP contribution in [0.25, 0.3) is 0 Å². The molecule has 104 valence electrons. The molecular weight excluding hydrogens is 232 g/mol. The van der Waals surface area contributed by atoms with E-state index in [4.69, 9.17) is 5.11 Å². The smallest absolute Gasteiger partial charge is 0.307 e. The van der Waals surface area contributed by atoms with Crippen molar-refractivity contribution in [3.05, 3.63) is 23.8 Å². The summed E-state index contributed by atoms with van der Waals surface area (Å²) in [6, 6.07) is 0. The van der Waals surface area contributed by atoms with Gasteiger partial charge in [0.2, 0.25) is 0 Å². The summed E-state index contributed by atoms with van der Waals surface area (Å²) in [5, 5.41) is 8.16. The third-order valence-corrected chi connectivity index (χ3v) is 1.69. The second-order valence-corrected chi connectivity index (χ2v) is 3.94. The first-order valence-electron chi connectivity index (χ1n) is 6.03. The number of rotatable bonds is 6. The van der Waals surface area contributed by atoms with E-state index in [1.165, 1.54) is 6.92 Å². The quantitative estimate of drug-likeness (QED) is 0.585. The van der Waals surface area contributed by atoms with Gasteiger partial charge in [0.25, 0.3) is 0 Å². The second-order valence-electron chi connectivity index (χ2n) is 3.94. The number of hydrogen-bond donors (Lipinski definition) is 1. The Hall–Kier alpha value is -1.58. The molecule has 0 heterocycles. The molecule has 0 amide bonds. The van der Waals surface area contributed by atoms with E-state index in [1.54, 1.807) is 6.08 Å². The number of ether oxygens (including phenoxy) is 1. The highest BCUT2D eigenvalue weighted by atomic mass is 16.5. The Morgan fingerprint density at radius 1 is 1.17 bits per heavy atom. The molecule has 0 aromatic rings. The van der Waals surface area contributed by atoms with Gasteiger partial charge >= 0.3 is 11.9 Å². The maximum atomic E-state index is 10.2. The highest BCUT2D eigenvalue weighted by Gasteiger charge is 1.87. The van der Waals surface area contributed by atoms with E-state index in [2.05, 4.69) is 11.7 Å². The Morgan fingerprint density at radius 2 is 1.78 bits per heavy atom. The fraction of sp³-hybridized carbons (Fsp3) is 0.571. The van der Waals surface area contributed by atoms with Crippen LogP contribution in [0.1, 0.15) is 47.0 Å². The lowest BCUT2D eigenvalue weighted by molar-refractivity contribution is -0.139. The molecule has 4 heteroatoms. The predicted octanol–water partition coefficient (Wildman–Crippen LogP) is 3.33. The highest BCUT2D eigenvalue weighted by Crippen LogP contribution is 1.90. The number of hydrogen-bond acceptors (Lipinski definition) is 3. The van der Waals surface area contributed by atoms with Gasteiger partial charge in [-0.3, -0.25) is 9.59 Å². The molecule has 0 fully saturated rings. The number of allylic oxidation sites excluding steroid dienone is 2. The maximum Gasteiger partial charge on any atom is 0.307 e. The fourth-order valence-electron chi connectivity index (χ4n) is 0.794. The maximum absolute atomic E-state index is 10.2. The zero-order valence-corrected chi connectivity index (χ0v) is 11.7. The van der Waals surface area contributed by atoms with E-state index in [1.807, 2.05) is 26.0 Å². The van der Waals surface area contributed by atoms with Crippen LogP contribution in [0.15, 0.2) is 23.8 Å². The zero-order chi connectivity index (χ0) is 14.4. The summed E-state index contributed by atoms with van der Waals surface area (Å²) in [6.07, 6.45) is 7.66. The lowest BCUT2D eigenvalue weighted by atomic mass is 10.3. The molecule has 4 nitrogen and oxygen atoms in total. The molecule has 0 aliphatic heterocycles. The van der Waals surface area contributed by atoms with Crippen LogP contribution < -0.4 is 0 Å². The third kappa shape index (κ3) is 23.9. The summed E-state index contributed by atoms with van der Waals surface area (Å²) in [4.78, 5) is 20.1. The van der Waals surface area contributed by atoms with Crippen molar-refractivity contribution in [1.29, 1.82) is 0 Å². The molecule has 0 rings (SSSR count). The van der Waals surface area contributed by atoms with Crippen LogP contribution in [-0.4, -0.2) is 23.7 Å². The molecule has 0 aliphatic carbocycles. The molecule has 0 atom stereocenters. The molecule has 0 saturated heterocycles. The SMILES string of the molecule is CC(=O)OCC=C(C)C.CCCC=CCC(=O)O. The van der Waals surface area contributed by atoms with Gasteiger partial charge in [-0.15, -0.1) is 0 Å². The monoisotopic (exact) mass is 256 g/mol. The number of carbonyl (C=O) groups is 2. The molecule has 0 aliphatic rings. The zero-order valence-electron chi connectivity index (χ0n) is 11.7. The summed E-state index contributed by atoms with van der Waals surface area (Å²) in [6.45, 7) is 7.79. The molecule has 0 unspecified atom stereocenters. The first-order chi connectivity index (χ1) is 8.40. The van der Waals surface area contributed by atoms with Gasteiger partial charge in [-0.1, -0.05) is 31.1 Å². The van der Waals surface area contributed by atoms with Gasteiger partial charge in [-0.2, -0.15) is 0 Å². The van der Waals surface area contributed by atoms with Crippen LogP contribution in [0.4, 0.5) is 0 Å². The topological polar surface area (TPSA) is 63.6 Å². The van der Waals surface area contributed by atoms with Crippen LogP contribution in [-0.2, 0) is 14.3 Å². The van der Waals surface area contributed by atoms with Crippen LogP contribution >= 0.6 is 0 Å². The summed E-state index contributed by atoms with van der Waals surface area (Å²) < 4.78 is 4.64. The van der Waals surface area contributed by atoms with E-state index >= 15 is 0 Å². The van der Waals surface area contributed by atoms with Crippen LogP contribution in [0.3, 0.4) is 0 Å². The molecule has 0 saturated carbocycles. The van der Waals surface area contributed by atoms with Gasteiger partial charge in [-0.25, -0.2) is 0 Å². The molecular formula is C14H24O4. The minimum atomic E-state index is -0.762. The van der Waals surface area contributed by atoms with Crippen molar-refractivity contribution in [3.63, 3.8) is 0 Å². The minimum absolute atomic E-state index is 0.153. The molecule has 1 N–H and O–H groups in total. The predicted molar refractivity (Wildman–Crippen MR) is 72.4 cm³/mol. The second kappa shape index (κ2) is 13.5. The third-order valence-electron chi connectivity index (χ3n) is 1.69. The first-order valence-corrected chi connectivity index (χ1v) is 6.03. The van der Waals surface area contributed by atoms with Crippen LogP contribution in [0, 0.1) is 0 Å². The minimum Gasteiger partial charge on any atom is -0.481 e. The number of carboxylic acid groups (broad SMARTS) is 1. The summed E-state index contributed by atoms with van der Waals surface area (Å²) in [7, 11) is 0. The number of carboxylic acids is 1. The van der Waals surface area contributed by atoms with Gasteiger partial charge in [-0.05, 0) is 26.3 Å². The Labute approximate surface area is 109 Å². The highest BCUT2D eigenvalue weighted by molar-refractivity contribution is 5.68. The van der Waals surface area contributed by atoms with Gasteiger partial charge < -0.3 is 9.84 Å². The van der Waals surface area contributed by atoms with Gasteiger partial charge in [0.1, 0.15) is 6.61 Å². The Balaban J connectivity index is 0. The molecule has 0 radical (unpaired) electrons. The van der Waals surface area contributed by atoms with Crippen molar-refractivity contribution in [2.45, 2.75) is 47.0 Å². The van der Waals surface area contributed by atoms with Crippen LogP contribution in [0.5, 0.6) is 0 Å². The van der Waals surface area contributed by atoms with Gasteiger partial charge in [0.05, 0.1) is 6.42 Å². The molecule has 0 aromatic carbocycles. The summed E-state index contributed by atoms with van der Waals surface area (Å²) >= 11 is 0. The number of carbonyl (C=O) groups excluding carboxylic acids is 1. The molecule has 18 heavy (non-hydrogen) atoms. The average molecular weight is 256 g/mol. The van der Waals surface area contributed by atoms with Crippen LogP contribution in [0.2, 0.25) is 0 Å². The molecule has 0 aromatic heterocycles. The van der Waals surface area contributed by atoms with Gasteiger partial charge in [0, 0.05) is 6.92 Å². The van der Waals surface area contributed by atoms with E-state index in [-0.39, 0.29) is 12.4 Å². The molecule has 0 bridgehead atoms. The average Bonchev–Trinajstić information content (AvgIpc) is 2.24. The number of unbranched alkanes of at least 4 members (excludes halogenated alkanes) is 1. The summed E-state index contributed by atoms with van der Waals surface area (Å²) in [5.74, 6) is -0.991. The first kappa shape index (κ1) is 18.8. The normalized spacial score (nSPS) is 9.33. The standard InChI is InChI=1S/2C7H12O2/c1-6(2)4-5-9-7(3)8;1-2-3-4-5-6-7(8)9/h4H,5H2,1-3H3;4-5H,2-3,6H2,1H3,(H,8,9). The fourth-order valence-corrected chi connectivity index (χ4v) is 0.794. The Kier molecular flexibility index (Phi) is 14.1. The summed E-state index contributed by atoms with van der Waals surface area (Å²) in [5.41, 5.74) is 1.16. The van der Waals surface area contributed by atoms with Crippen molar-refractivity contribution in [2.24, 2.45) is 0 Å². The van der Waals surface area contributed by atoms with Crippen molar-refractivity contribution in [3.8, 4) is 0 Å². The van der Waals surface area contributed by atoms with Gasteiger partial charge in [0.15, 0.2) is 0 Å². The lowest BCUT2D eigenvalue weighted by Gasteiger charge is -1.94. The number of aliphatic carboxylic acids is 1. The van der Waals surface area contributed by atoms with E-state index in [0.29, 0.717) is 6.61 Å². The largest absolute Gasteiger partial charge is 0.481 e.